The Morgan fingerprint density at radius 2 is 2.19 bits per heavy atom. The number of nitrogens with zero attached hydrogens (tertiary/aromatic N) is 3. The number of allylic oxidation sites excluding steroid dienone is 2. The maximum Gasteiger partial charge on any atom is 0.233 e. The van der Waals surface area contributed by atoms with E-state index in [2.05, 4.69) is 18.6 Å². The van der Waals surface area contributed by atoms with Crippen LogP contribution in [-0.4, -0.2) is 31.7 Å². The SMILES string of the molecule is C=C/C(=C\C)Sn1cc2c(n1)CN(C(=O)C(CO)c1ccccc1CC)C2. The summed E-state index contributed by atoms with van der Waals surface area (Å²) >= 11 is 1.50. The Morgan fingerprint density at radius 3 is 2.81 bits per heavy atom. The Labute approximate surface area is 164 Å². The van der Waals surface area contributed by atoms with Crippen LogP contribution < -0.4 is 0 Å². The van der Waals surface area contributed by atoms with Gasteiger partial charge in [0.05, 0.1) is 24.8 Å². The molecule has 1 unspecified atom stereocenters. The molecular weight excluding hydrogens is 358 g/mol. The van der Waals surface area contributed by atoms with Gasteiger partial charge in [-0.3, -0.25) is 4.79 Å². The first kappa shape index (κ1) is 19.5. The lowest BCUT2D eigenvalue weighted by molar-refractivity contribution is -0.134. The molecule has 1 amide bonds. The fourth-order valence-corrected chi connectivity index (χ4v) is 4.09. The minimum absolute atomic E-state index is 0.0455. The third-order valence-electron chi connectivity index (χ3n) is 4.85. The molecule has 2 heterocycles. The van der Waals surface area contributed by atoms with Crippen molar-refractivity contribution in [2.45, 2.75) is 39.3 Å². The van der Waals surface area contributed by atoms with Crippen LogP contribution in [-0.2, 0) is 24.3 Å². The van der Waals surface area contributed by atoms with Crippen LogP contribution in [0, 0.1) is 0 Å². The number of benzene rings is 1. The molecule has 6 heteroatoms. The van der Waals surface area contributed by atoms with Crippen molar-refractivity contribution in [2.24, 2.45) is 0 Å². The molecule has 0 saturated carbocycles. The number of carbonyl (C=O) groups is 1. The maximum absolute atomic E-state index is 13.1. The zero-order valence-corrected chi connectivity index (χ0v) is 16.6. The fourth-order valence-electron chi connectivity index (χ4n) is 3.37. The zero-order valence-electron chi connectivity index (χ0n) is 15.8. The number of amides is 1. The number of aryl methyl sites for hydroxylation is 1. The highest BCUT2D eigenvalue weighted by molar-refractivity contribution is 8.01. The average molecular weight is 384 g/mol. The summed E-state index contributed by atoms with van der Waals surface area (Å²) in [5.41, 5.74) is 3.99. The molecule has 1 aromatic carbocycles. The quantitative estimate of drug-likeness (QED) is 0.742. The summed E-state index contributed by atoms with van der Waals surface area (Å²) in [5, 5.41) is 14.5. The second kappa shape index (κ2) is 8.59. The van der Waals surface area contributed by atoms with Crippen molar-refractivity contribution in [1.29, 1.82) is 0 Å². The summed E-state index contributed by atoms with van der Waals surface area (Å²) < 4.78 is 1.82. The number of aromatic nitrogens is 2. The molecule has 0 spiro atoms. The standard InChI is InChI=1S/C21H25N3O2S/c1-4-15-9-7-8-10-18(15)19(14-25)21(26)23-11-16-12-24(22-20(16)13-23)27-17(5-2)6-3/h5-10,12,19,25H,2,4,11,13-14H2,1,3H3/b17-6+. The molecule has 2 aromatic rings. The van der Waals surface area contributed by atoms with E-state index in [0.717, 1.165) is 33.7 Å². The molecule has 3 rings (SSSR count). The molecule has 1 N–H and O–H groups in total. The molecule has 0 bridgehead atoms. The third kappa shape index (κ3) is 4.01. The van der Waals surface area contributed by atoms with E-state index in [0.29, 0.717) is 13.1 Å². The average Bonchev–Trinajstić information content (AvgIpc) is 3.25. The van der Waals surface area contributed by atoms with Gasteiger partial charge < -0.3 is 10.0 Å². The normalized spacial score (nSPS) is 14.9. The van der Waals surface area contributed by atoms with Crippen molar-refractivity contribution in [3.63, 3.8) is 0 Å². The monoisotopic (exact) mass is 383 g/mol. The molecule has 0 saturated heterocycles. The molecule has 27 heavy (non-hydrogen) atoms. The van der Waals surface area contributed by atoms with Gasteiger partial charge in [0.15, 0.2) is 0 Å². The minimum atomic E-state index is -0.526. The van der Waals surface area contributed by atoms with Gasteiger partial charge in [0.1, 0.15) is 0 Å². The molecule has 1 aliphatic rings. The van der Waals surface area contributed by atoms with Crippen molar-refractivity contribution < 1.29 is 9.90 Å². The number of hydrogen-bond acceptors (Lipinski definition) is 4. The summed E-state index contributed by atoms with van der Waals surface area (Å²) in [6, 6.07) is 7.85. The minimum Gasteiger partial charge on any atom is -0.395 e. The molecule has 1 aliphatic heterocycles. The van der Waals surface area contributed by atoms with Crippen LogP contribution in [0.25, 0.3) is 0 Å². The van der Waals surface area contributed by atoms with Gasteiger partial charge in [-0.25, -0.2) is 4.09 Å². The van der Waals surface area contributed by atoms with Gasteiger partial charge in [-0.15, -0.1) is 0 Å². The van der Waals surface area contributed by atoms with Crippen LogP contribution in [0.5, 0.6) is 0 Å². The van der Waals surface area contributed by atoms with Gasteiger partial charge in [-0.1, -0.05) is 49.9 Å². The van der Waals surface area contributed by atoms with Crippen LogP contribution >= 0.6 is 11.9 Å². The van der Waals surface area contributed by atoms with E-state index < -0.39 is 5.92 Å². The zero-order chi connectivity index (χ0) is 19.4. The molecule has 1 aromatic heterocycles. The van der Waals surface area contributed by atoms with Crippen LogP contribution in [0.1, 0.15) is 42.1 Å². The van der Waals surface area contributed by atoms with E-state index >= 15 is 0 Å². The second-order valence-corrected chi connectivity index (χ2v) is 7.50. The fraction of sp³-hybridized carbons (Fsp3) is 0.333. The van der Waals surface area contributed by atoms with Gasteiger partial charge in [0, 0.05) is 35.2 Å². The lowest BCUT2D eigenvalue weighted by Crippen LogP contribution is -2.33. The summed E-state index contributed by atoms with van der Waals surface area (Å²) in [6.45, 7) is 8.63. The molecule has 0 aliphatic carbocycles. The second-order valence-electron chi connectivity index (χ2n) is 6.47. The third-order valence-corrected chi connectivity index (χ3v) is 5.83. The smallest absolute Gasteiger partial charge is 0.233 e. The highest BCUT2D eigenvalue weighted by Crippen LogP contribution is 2.30. The summed E-state index contributed by atoms with van der Waals surface area (Å²) in [4.78, 5) is 15.9. The van der Waals surface area contributed by atoms with Crippen molar-refractivity contribution in [2.75, 3.05) is 6.61 Å². The molecule has 142 valence electrons. The summed E-state index contributed by atoms with van der Waals surface area (Å²) in [5.74, 6) is -0.571. The predicted molar refractivity (Wildman–Crippen MR) is 109 cm³/mol. The Balaban J connectivity index is 1.74. The topological polar surface area (TPSA) is 58.4 Å². The number of fused-ring (bicyclic) bond motifs is 1. The first-order valence-electron chi connectivity index (χ1n) is 9.13. The van der Waals surface area contributed by atoms with E-state index in [1.807, 2.05) is 47.5 Å². The molecule has 0 radical (unpaired) electrons. The molecular formula is C21H25N3O2S. The first-order chi connectivity index (χ1) is 13.1. The number of rotatable bonds is 7. The van der Waals surface area contributed by atoms with Gasteiger partial charge in [-0.05, 0) is 24.5 Å². The lowest BCUT2D eigenvalue weighted by atomic mass is 9.92. The maximum atomic E-state index is 13.1. The van der Waals surface area contributed by atoms with Crippen molar-refractivity contribution >= 4 is 17.9 Å². The first-order valence-corrected chi connectivity index (χ1v) is 9.90. The Kier molecular flexibility index (Phi) is 6.19. The van der Waals surface area contributed by atoms with Crippen molar-refractivity contribution in [3.8, 4) is 0 Å². The number of carbonyl (C=O) groups excluding carboxylic acids is 1. The van der Waals surface area contributed by atoms with E-state index in [-0.39, 0.29) is 12.5 Å². The summed E-state index contributed by atoms with van der Waals surface area (Å²) in [6.07, 6.45) is 6.58. The number of hydrogen-bond donors (Lipinski definition) is 1. The Hall–Kier alpha value is -2.31. The van der Waals surface area contributed by atoms with E-state index in [1.54, 1.807) is 11.0 Å². The van der Waals surface area contributed by atoms with E-state index in [9.17, 15) is 9.90 Å². The number of aliphatic hydroxyl groups is 1. The highest BCUT2D eigenvalue weighted by atomic mass is 32.2. The molecule has 1 atom stereocenters. The summed E-state index contributed by atoms with van der Waals surface area (Å²) in [7, 11) is 0. The Morgan fingerprint density at radius 1 is 1.41 bits per heavy atom. The largest absolute Gasteiger partial charge is 0.395 e. The van der Waals surface area contributed by atoms with Crippen LogP contribution in [0.15, 0.2) is 54.1 Å². The van der Waals surface area contributed by atoms with Crippen molar-refractivity contribution in [1.82, 2.24) is 14.1 Å². The van der Waals surface area contributed by atoms with Gasteiger partial charge in [0.25, 0.3) is 0 Å². The van der Waals surface area contributed by atoms with Crippen LogP contribution in [0.2, 0.25) is 0 Å². The van der Waals surface area contributed by atoms with Gasteiger partial charge in [0.2, 0.25) is 5.91 Å². The van der Waals surface area contributed by atoms with Gasteiger partial charge >= 0.3 is 0 Å². The Bertz CT molecular complexity index is 849. The lowest BCUT2D eigenvalue weighted by Gasteiger charge is -2.23. The molecule has 0 fully saturated rings. The van der Waals surface area contributed by atoms with Crippen LogP contribution in [0.4, 0.5) is 0 Å². The highest BCUT2D eigenvalue weighted by Gasteiger charge is 2.32. The predicted octanol–water partition coefficient (Wildman–Crippen LogP) is 3.65. The molecule has 5 nitrogen and oxygen atoms in total. The van der Waals surface area contributed by atoms with E-state index in [4.69, 9.17) is 0 Å². The van der Waals surface area contributed by atoms with Crippen molar-refractivity contribution in [3.05, 3.63) is 76.5 Å². The van der Waals surface area contributed by atoms with Crippen LogP contribution in [0.3, 0.4) is 0 Å². The number of aliphatic hydroxyl groups excluding tert-OH is 1. The van der Waals surface area contributed by atoms with Gasteiger partial charge in [-0.2, -0.15) is 5.10 Å². The van der Waals surface area contributed by atoms with E-state index in [1.165, 1.54) is 11.9 Å².